The molecule has 0 aliphatic carbocycles. The first-order valence-electron chi connectivity index (χ1n) is 18.8. The lowest BCUT2D eigenvalue weighted by Gasteiger charge is -2.55. The van der Waals surface area contributed by atoms with Crippen LogP contribution in [0.3, 0.4) is 0 Å². The maximum absolute atomic E-state index is 14.7. The Kier molecular flexibility index (Phi) is 12.6. The summed E-state index contributed by atoms with van der Waals surface area (Å²) in [6.07, 6.45) is -3.87. The molecule has 1 fully saturated rings. The van der Waals surface area contributed by atoms with Gasteiger partial charge in [0.15, 0.2) is 6.29 Å². The molecule has 0 radical (unpaired) electrons. The fourth-order valence-electron chi connectivity index (χ4n) is 7.73. The fraction of sp³-hybridized carbons (Fsp3) is 0.229. The normalized spacial score (nSPS) is 19.8. The zero-order valence-corrected chi connectivity index (χ0v) is 31.0. The summed E-state index contributed by atoms with van der Waals surface area (Å²) in [4.78, 5) is 16.5. The van der Waals surface area contributed by atoms with Gasteiger partial charge in [0.2, 0.25) is 5.91 Å². The van der Waals surface area contributed by atoms with E-state index in [0.29, 0.717) is 6.61 Å². The number of ether oxygens (including phenoxy) is 4. The van der Waals surface area contributed by atoms with Gasteiger partial charge in [0.25, 0.3) is 0 Å². The summed E-state index contributed by atoms with van der Waals surface area (Å²) < 4.78 is 26.7. The van der Waals surface area contributed by atoms with Gasteiger partial charge < -0.3 is 29.0 Å². The third-order valence-electron chi connectivity index (χ3n) is 10.2. The molecule has 0 bridgehead atoms. The molecule has 1 aliphatic heterocycles. The summed E-state index contributed by atoms with van der Waals surface area (Å²) in [5.41, 5.74) is 4.21. The van der Waals surface area contributed by atoms with Gasteiger partial charge >= 0.3 is 0 Å². The molecule has 0 spiro atoms. The highest BCUT2D eigenvalue weighted by molar-refractivity contribution is 5.77. The highest BCUT2D eigenvalue weighted by atomic mass is 16.7. The average molecular weight is 734 g/mol. The molecule has 1 N–H and O–H groups in total. The van der Waals surface area contributed by atoms with Crippen molar-refractivity contribution in [1.82, 2.24) is 4.90 Å². The Hall–Kier alpha value is -5.41. The molecule has 6 aromatic carbocycles. The van der Waals surface area contributed by atoms with E-state index < -0.39 is 36.2 Å². The summed E-state index contributed by atoms with van der Waals surface area (Å²) >= 11 is 0. The van der Waals surface area contributed by atoms with Crippen molar-refractivity contribution in [2.75, 3.05) is 6.61 Å². The van der Waals surface area contributed by atoms with Crippen molar-refractivity contribution in [1.29, 1.82) is 0 Å². The van der Waals surface area contributed by atoms with Crippen molar-refractivity contribution >= 4 is 5.91 Å². The van der Waals surface area contributed by atoms with Crippen molar-refractivity contribution in [3.05, 3.63) is 215 Å². The monoisotopic (exact) mass is 733 g/mol. The van der Waals surface area contributed by atoms with Crippen LogP contribution in [0, 0.1) is 0 Å². The topological polar surface area (TPSA) is 77.5 Å². The minimum absolute atomic E-state index is 0.116. The second-order valence-corrected chi connectivity index (χ2v) is 13.8. The Labute approximate surface area is 323 Å². The number of carbonyl (C=O) groups is 1. The van der Waals surface area contributed by atoms with Crippen molar-refractivity contribution in [3.63, 3.8) is 0 Å². The second kappa shape index (κ2) is 18.3. The van der Waals surface area contributed by atoms with Crippen LogP contribution in [0.4, 0.5) is 0 Å². The Morgan fingerprint density at radius 1 is 0.564 bits per heavy atom. The molecule has 1 heterocycles. The van der Waals surface area contributed by atoms with Crippen LogP contribution in [0.25, 0.3) is 0 Å². The van der Waals surface area contributed by atoms with Crippen molar-refractivity contribution in [2.24, 2.45) is 0 Å². The lowest BCUT2D eigenvalue weighted by Crippen LogP contribution is -2.70. The van der Waals surface area contributed by atoms with E-state index in [4.69, 9.17) is 18.9 Å². The van der Waals surface area contributed by atoms with E-state index in [1.165, 1.54) is 0 Å². The minimum Gasteiger partial charge on any atom is -0.374 e. The Morgan fingerprint density at radius 3 is 1.33 bits per heavy atom. The fourth-order valence-corrected chi connectivity index (χ4v) is 7.73. The van der Waals surface area contributed by atoms with Crippen LogP contribution in [0.5, 0.6) is 0 Å². The molecular formula is C48H47NO6. The van der Waals surface area contributed by atoms with Gasteiger partial charge in [-0.05, 0) is 33.4 Å². The Bertz CT molecular complexity index is 1940. The van der Waals surface area contributed by atoms with E-state index in [1.54, 1.807) is 11.8 Å². The lowest BCUT2D eigenvalue weighted by molar-refractivity contribution is -0.296. The number of hydrogen-bond acceptors (Lipinski definition) is 6. The molecular weight excluding hydrogens is 687 g/mol. The van der Waals surface area contributed by atoms with Gasteiger partial charge in [0.05, 0.1) is 26.4 Å². The van der Waals surface area contributed by atoms with Gasteiger partial charge in [-0.25, -0.2) is 0 Å². The maximum atomic E-state index is 14.7. The molecule has 5 atom stereocenters. The van der Waals surface area contributed by atoms with E-state index in [1.807, 2.05) is 182 Å². The number of rotatable bonds is 15. The molecule has 1 saturated heterocycles. The molecule has 0 aromatic heterocycles. The van der Waals surface area contributed by atoms with Crippen molar-refractivity contribution in [2.45, 2.75) is 62.9 Å². The highest BCUT2D eigenvalue weighted by Gasteiger charge is 2.56. The zero-order chi connectivity index (χ0) is 37.9. The van der Waals surface area contributed by atoms with E-state index in [9.17, 15) is 9.90 Å². The number of aliphatic hydroxyl groups is 1. The lowest BCUT2D eigenvalue weighted by atomic mass is 9.73. The van der Waals surface area contributed by atoms with Gasteiger partial charge in [-0.3, -0.25) is 4.79 Å². The molecule has 0 unspecified atom stereocenters. The molecule has 7 nitrogen and oxygen atoms in total. The first kappa shape index (κ1) is 37.9. The van der Waals surface area contributed by atoms with E-state index in [2.05, 4.69) is 0 Å². The van der Waals surface area contributed by atoms with Gasteiger partial charge in [-0.15, -0.1) is 0 Å². The van der Waals surface area contributed by atoms with Crippen LogP contribution in [-0.4, -0.2) is 53.2 Å². The van der Waals surface area contributed by atoms with Crippen LogP contribution in [0.1, 0.15) is 40.3 Å². The van der Waals surface area contributed by atoms with Crippen molar-refractivity contribution < 1.29 is 28.8 Å². The number of benzene rings is 6. The quantitative estimate of drug-likeness (QED) is 0.107. The highest BCUT2D eigenvalue weighted by Crippen LogP contribution is 2.46. The number of aliphatic hydroxyl groups excluding tert-OH is 1. The number of amides is 1. The summed E-state index contributed by atoms with van der Waals surface area (Å²) in [7, 11) is 0. The number of nitrogens with zero attached hydrogens (tertiary/aromatic N) is 1. The Morgan fingerprint density at radius 2 is 0.927 bits per heavy atom. The van der Waals surface area contributed by atoms with E-state index in [0.717, 1.165) is 33.4 Å². The number of hydrogen-bond donors (Lipinski definition) is 1. The van der Waals surface area contributed by atoms with Gasteiger partial charge in [-0.2, -0.15) is 0 Å². The first-order valence-corrected chi connectivity index (χ1v) is 18.8. The molecule has 0 saturated carbocycles. The summed E-state index contributed by atoms with van der Waals surface area (Å²) in [6.45, 7) is 2.46. The summed E-state index contributed by atoms with van der Waals surface area (Å²) in [5, 5.41) is 12.4. The molecule has 1 amide bonds. The smallest absolute Gasteiger partial charge is 0.221 e. The van der Waals surface area contributed by atoms with Crippen molar-refractivity contribution in [3.8, 4) is 0 Å². The van der Waals surface area contributed by atoms with E-state index in [-0.39, 0.29) is 25.7 Å². The Balaban J connectivity index is 1.38. The second-order valence-electron chi connectivity index (χ2n) is 13.8. The predicted molar refractivity (Wildman–Crippen MR) is 213 cm³/mol. The third-order valence-corrected chi connectivity index (χ3v) is 10.2. The molecule has 280 valence electrons. The maximum Gasteiger partial charge on any atom is 0.221 e. The van der Waals surface area contributed by atoms with Crippen LogP contribution >= 0.6 is 0 Å². The molecule has 6 aromatic rings. The number of carbonyl (C=O) groups excluding carboxylic acids is 1. The first-order chi connectivity index (χ1) is 27.1. The predicted octanol–water partition coefficient (Wildman–Crippen LogP) is 8.30. The van der Waals surface area contributed by atoms with Crippen LogP contribution in [0.2, 0.25) is 0 Å². The SMILES string of the molecule is CC(=O)N([C@@H]1[C@@H](OCc2ccccc2)[C@H](OCc2ccccc2)[C@@H](COCc2ccccc2)O[C@@H]1O)C(c1ccccc1)(c1ccccc1)c1ccccc1. The van der Waals surface area contributed by atoms with E-state index >= 15 is 0 Å². The minimum atomic E-state index is -1.48. The molecule has 1 aliphatic rings. The van der Waals surface area contributed by atoms with Crippen LogP contribution < -0.4 is 0 Å². The third kappa shape index (κ3) is 8.62. The summed E-state index contributed by atoms with van der Waals surface area (Å²) in [5.74, 6) is -0.280. The van der Waals surface area contributed by atoms with Crippen LogP contribution in [0.15, 0.2) is 182 Å². The zero-order valence-electron chi connectivity index (χ0n) is 31.0. The standard InChI is InChI=1S/C48H47NO6/c1-36(50)49(48(40-26-14-5-15-27-40,41-28-16-6-17-29-41)42-30-18-7-19-31-42)44-46(54-34-39-24-12-4-13-25-39)45(53-33-38-22-10-3-11-23-38)43(55-47(44)51)35-52-32-37-20-8-2-9-21-37/h2-31,43-47,51H,32-35H2,1H3/t43-,44-,45-,46-,47+/m1/s1. The molecule has 7 heteroatoms. The van der Waals surface area contributed by atoms with Gasteiger partial charge in [0, 0.05) is 6.92 Å². The molecule has 7 rings (SSSR count). The van der Waals surface area contributed by atoms with Gasteiger partial charge in [-0.1, -0.05) is 182 Å². The summed E-state index contributed by atoms with van der Waals surface area (Å²) in [6, 6.07) is 58.5. The molecule has 55 heavy (non-hydrogen) atoms. The van der Waals surface area contributed by atoms with Gasteiger partial charge in [0.1, 0.15) is 29.9 Å². The largest absolute Gasteiger partial charge is 0.374 e. The average Bonchev–Trinajstić information content (AvgIpc) is 3.24. The van der Waals surface area contributed by atoms with Crippen LogP contribution in [-0.2, 0) is 49.1 Å².